The SMILES string of the molecule is CC/C(OC(=O)C(C)(C)C)=C1/C(=O)N(OC(=O)C(C)(C)C)c2cc(NS(=O)(=O)c3ccc(Cl)cc3)ccc21. The van der Waals surface area contributed by atoms with Crippen molar-refractivity contribution in [3.8, 4) is 0 Å². The maximum Gasteiger partial charge on any atom is 0.338 e. The number of ether oxygens (including phenoxy) is 1. The van der Waals surface area contributed by atoms with Gasteiger partial charge in [-0.3, -0.25) is 14.3 Å². The van der Waals surface area contributed by atoms with E-state index in [2.05, 4.69) is 4.72 Å². The van der Waals surface area contributed by atoms with Crippen LogP contribution in [-0.4, -0.2) is 26.3 Å². The van der Waals surface area contributed by atoms with Gasteiger partial charge < -0.3 is 9.57 Å². The fraction of sp³-hybridized carbons (Fsp3) is 0.370. The van der Waals surface area contributed by atoms with E-state index in [-0.39, 0.29) is 34.0 Å². The molecule has 0 saturated heterocycles. The Morgan fingerprint density at radius 1 is 0.947 bits per heavy atom. The lowest BCUT2D eigenvalue weighted by Gasteiger charge is -2.22. The first-order valence-corrected chi connectivity index (χ1v) is 13.8. The van der Waals surface area contributed by atoms with Crippen molar-refractivity contribution < 1.29 is 32.4 Å². The van der Waals surface area contributed by atoms with E-state index in [9.17, 15) is 22.8 Å². The number of nitrogens with one attached hydrogen (secondary N) is 1. The van der Waals surface area contributed by atoms with Gasteiger partial charge in [0, 0.05) is 17.0 Å². The van der Waals surface area contributed by atoms with Crippen molar-refractivity contribution in [2.24, 2.45) is 10.8 Å². The van der Waals surface area contributed by atoms with Crippen LogP contribution in [0, 0.1) is 10.8 Å². The molecule has 0 spiro atoms. The summed E-state index contributed by atoms with van der Waals surface area (Å²) in [6.45, 7) is 11.7. The number of nitrogens with zero attached hydrogens (tertiary/aromatic N) is 1. The predicted molar refractivity (Wildman–Crippen MR) is 144 cm³/mol. The maximum atomic E-state index is 13.6. The fourth-order valence-electron chi connectivity index (χ4n) is 3.27. The summed E-state index contributed by atoms with van der Waals surface area (Å²) in [5, 5.41) is 1.19. The summed E-state index contributed by atoms with van der Waals surface area (Å²) in [6.07, 6.45) is 0.203. The van der Waals surface area contributed by atoms with E-state index in [1.54, 1.807) is 48.5 Å². The molecule has 0 saturated carbocycles. The number of esters is 1. The lowest BCUT2D eigenvalue weighted by atomic mass is 9.97. The van der Waals surface area contributed by atoms with Gasteiger partial charge in [0.05, 0.1) is 32.7 Å². The molecule has 38 heavy (non-hydrogen) atoms. The van der Waals surface area contributed by atoms with E-state index >= 15 is 0 Å². The van der Waals surface area contributed by atoms with Gasteiger partial charge in [0.2, 0.25) is 0 Å². The molecule has 11 heteroatoms. The molecule has 0 radical (unpaired) electrons. The molecular weight excluding hydrogens is 532 g/mol. The number of carbonyl (C=O) groups excluding carboxylic acids is 3. The Kier molecular flexibility index (Phi) is 8.00. The first-order valence-electron chi connectivity index (χ1n) is 11.9. The van der Waals surface area contributed by atoms with E-state index < -0.39 is 38.7 Å². The van der Waals surface area contributed by atoms with Crippen LogP contribution in [0.4, 0.5) is 11.4 Å². The van der Waals surface area contributed by atoms with Crippen LogP contribution in [0.3, 0.4) is 0 Å². The molecule has 0 aromatic heterocycles. The van der Waals surface area contributed by atoms with Crippen molar-refractivity contribution in [2.75, 3.05) is 9.79 Å². The Bertz CT molecular complexity index is 1420. The number of anilines is 2. The molecule has 1 heterocycles. The number of hydrogen-bond donors (Lipinski definition) is 1. The molecule has 0 unspecified atom stereocenters. The highest BCUT2D eigenvalue weighted by atomic mass is 35.5. The minimum absolute atomic E-state index is 0.0163. The molecule has 0 aliphatic carbocycles. The summed E-state index contributed by atoms with van der Waals surface area (Å²) in [4.78, 5) is 44.3. The van der Waals surface area contributed by atoms with Crippen molar-refractivity contribution in [2.45, 2.75) is 59.8 Å². The number of amides is 1. The van der Waals surface area contributed by atoms with Crippen LogP contribution < -0.4 is 9.79 Å². The van der Waals surface area contributed by atoms with Crippen molar-refractivity contribution in [1.82, 2.24) is 0 Å². The van der Waals surface area contributed by atoms with Gasteiger partial charge in [0.25, 0.3) is 15.9 Å². The summed E-state index contributed by atoms with van der Waals surface area (Å²) in [7, 11) is -3.99. The third kappa shape index (κ3) is 6.19. The number of fused-ring (bicyclic) bond motifs is 1. The zero-order valence-electron chi connectivity index (χ0n) is 22.3. The zero-order valence-corrected chi connectivity index (χ0v) is 23.9. The first-order chi connectivity index (χ1) is 17.5. The second-order valence-corrected chi connectivity index (χ2v) is 12.9. The lowest BCUT2D eigenvalue weighted by molar-refractivity contribution is -0.157. The lowest BCUT2D eigenvalue weighted by Crippen LogP contribution is -2.35. The van der Waals surface area contributed by atoms with Crippen LogP contribution in [-0.2, 0) is 34.0 Å². The monoisotopic (exact) mass is 562 g/mol. The minimum atomic E-state index is -3.99. The predicted octanol–water partition coefficient (Wildman–Crippen LogP) is 5.70. The Morgan fingerprint density at radius 3 is 2.05 bits per heavy atom. The van der Waals surface area contributed by atoms with Crippen LogP contribution in [0.5, 0.6) is 0 Å². The molecule has 1 aliphatic rings. The standard InChI is InChI=1S/C27H31ClN2O7S/c1-8-21(36-24(32)26(2,3)4)22-19-14-11-17(29-38(34,35)18-12-9-16(28)10-13-18)15-20(19)30(23(22)31)37-25(33)27(5,6)7/h9-15,29H,8H2,1-7H3/b22-21-. The normalized spacial score (nSPS) is 15.2. The summed E-state index contributed by atoms with van der Waals surface area (Å²) in [5.41, 5.74) is -1.15. The topological polar surface area (TPSA) is 119 Å². The van der Waals surface area contributed by atoms with Crippen LogP contribution in [0.15, 0.2) is 53.1 Å². The van der Waals surface area contributed by atoms with Gasteiger partial charge >= 0.3 is 11.9 Å². The summed E-state index contributed by atoms with van der Waals surface area (Å²) >= 11 is 5.87. The van der Waals surface area contributed by atoms with Gasteiger partial charge in [-0.2, -0.15) is 0 Å². The second-order valence-electron chi connectivity index (χ2n) is 10.8. The quantitative estimate of drug-likeness (QED) is 0.272. The van der Waals surface area contributed by atoms with Gasteiger partial charge in [-0.25, -0.2) is 13.2 Å². The molecule has 204 valence electrons. The average Bonchev–Trinajstić information content (AvgIpc) is 3.06. The number of allylic oxidation sites excluding steroid dienone is 1. The Morgan fingerprint density at radius 2 is 1.53 bits per heavy atom. The highest BCUT2D eigenvalue weighted by Crippen LogP contribution is 2.42. The van der Waals surface area contributed by atoms with Crippen LogP contribution in [0.1, 0.15) is 60.5 Å². The number of rotatable bonds is 6. The number of benzene rings is 2. The Hall–Kier alpha value is -3.37. The molecule has 3 rings (SSSR count). The summed E-state index contributed by atoms with van der Waals surface area (Å²) in [6, 6.07) is 9.97. The summed E-state index contributed by atoms with van der Waals surface area (Å²) in [5.74, 6) is -1.82. The zero-order chi connectivity index (χ0) is 28.6. The van der Waals surface area contributed by atoms with Gasteiger partial charge in [-0.1, -0.05) is 18.5 Å². The molecule has 2 aromatic rings. The third-order valence-electron chi connectivity index (χ3n) is 5.48. The number of halogens is 1. The Labute approximate surface area is 227 Å². The van der Waals surface area contributed by atoms with Crippen molar-refractivity contribution >= 4 is 56.4 Å². The van der Waals surface area contributed by atoms with Gasteiger partial charge in [-0.05, 0) is 84.0 Å². The molecule has 2 aromatic carbocycles. The summed E-state index contributed by atoms with van der Waals surface area (Å²) < 4.78 is 33.9. The first kappa shape index (κ1) is 29.2. The smallest absolute Gasteiger partial charge is 0.338 e. The molecule has 0 fully saturated rings. The third-order valence-corrected chi connectivity index (χ3v) is 7.12. The second kappa shape index (κ2) is 10.4. The molecule has 1 aliphatic heterocycles. The number of hydroxylamine groups is 1. The van der Waals surface area contributed by atoms with Crippen LogP contribution in [0.25, 0.3) is 5.57 Å². The van der Waals surface area contributed by atoms with E-state index in [0.717, 1.165) is 5.06 Å². The number of sulfonamides is 1. The van der Waals surface area contributed by atoms with E-state index in [4.69, 9.17) is 21.2 Å². The van der Waals surface area contributed by atoms with E-state index in [1.165, 1.54) is 42.5 Å². The van der Waals surface area contributed by atoms with E-state index in [0.29, 0.717) is 10.6 Å². The largest absolute Gasteiger partial charge is 0.430 e. The average molecular weight is 563 g/mol. The molecular formula is C27H31ClN2O7S. The molecule has 0 atom stereocenters. The van der Waals surface area contributed by atoms with Crippen molar-refractivity contribution in [3.05, 3.63) is 58.8 Å². The van der Waals surface area contributed by atoms with Crippen molar-refractivity contribution in [3.63, 3.8) is 0 Å². The molecule has 1 N–H and O–H groups in total. The highest BCUT2D eigenvalue weighted by Gasteiger charge is 2.41. The Balaban J connectivity index is 2.11. The molecule has 1 amide bonds. The van der Waals surface area contributed by atoms with Gasteiger partial charge in [-0.15, -0.1) is 5.06 Å². The highest BCUT2D eigenvalue weighted by molar-refractivity contribution is 7.92. The number of carbonyl (C=O) groups is 3. The maximum absolute atomic E-state index is 13.6. The fourth-order valence-corrected chi connectivity index (χ4v) is 4.45. The van der Waals surface area contributed by atoms with Gasteiger partial charge in [0.15, 0.2) is 0 Å². The minimum Gasteiger partial charge on any atom is -0.430 e. The molecule has 9 nitrogen and oxygen atoms in total. The van der Waals surface area contributed by atoms with Crippen molar-refractivity contribution in [1.29, 1.82) is 0 Å². The van der Waals surface area contributed by atoms with Crippen LogP contribution in [0.2, 0.25) is 5.02 Å². The van der Waals surface area contributed by atoms with E-state index in [1.807, 2.05) is 0 Å². The van der Waals surface area contributed by atoms with Crippen LogP contribution >= 0.6 is 11.6 Å². The van der Waals surface area contributed by atoms with Gasteiger partial charge in [0.1, 0.15) is 5.76 Å². The number of hydrogen-bond acceptors (Lipinski definition) is 7. The molecule has 0 bridgehead atoms.